The van der Waals surface area contributed by atoms with E-state index in [9.17, 15) is 0 Å². The molecule has 0 saturated carbocycles. The van der Waals surface area contributed by atoms with Crippen molar-refractivity contribution >= 4 is 5.96 Å². The van der Waals surface area contributed by atoms with Crippen LogP contribution in [0.5, 0.6) is 0 Å². The third kappa shape index (κ3) is 4.61. The molecule has 3 saturated heterocycles. The monoisotopic (exact) mass is 338 g/mol. The molecule has 138 valence electrons. The van der Waals surface area contributed by atoms with Crippen LogP contribution in [0.1, 0.15) is 39.5 Å². The summed E-state index contributed by atoms with van der Waals surface area (Å²) in [5.74, 6) is 1.60. The Kier molecular flexibility index (Phi) is 6.36. The van der Waals surface area contributed by atoms with Crippen molar-refractivity contribution in [3.63, 3.8) is 0 Å². The van der Waals surface area contributed by atoms with E-state index in [1.807, 2.05) is 7.05 Å². The third-order valence-electron chi connectivity index (χ3n) is 5.46. The maximum absolute atomic E-state index is 5.94. The van der Waals surface area contributed by atoms with E-state index in [4.69, 9.17) is 9.47 Å². The number of nitrogens with one attached hydrogen (secondary N) is 2. The van der Waals surface area contributed by atoms with Crippen LogP contribution < -0.4 is 10.6 Å². The Morgan fingerprint density at radius 1 is 1.25 bits per heavy atom. The highest BCUT2D eigenvalue weighted by Gasteiger charge is 2.41. The number of hydrogen-bond acceptors (Lipinski definition) is 4. The summed E-state index contributed by atoms with van der Waals surface area (Å²) in [6.07, 6.45) is 5.56. The zero-order valence-electron chi connectivity index (χ0n) is 15.5. The van der Waals surface area contributed by atoms with E-state index in [1.54, 1.807) is 0 Å². The average molecular weight is 338 g/mol. The first kappa shape index (κ1) is 18.0. The van der Waals surface area contributed by atoms with E-state index in [0.29, 0.717) is 30.2 Å². The molecule has 0 amide bonds. The van der Waals surface area contributed by atoms with Crippen LogP contribution in [0.15, 0.2) is 4.99 Å². The molecule has 3 aliphatic rings. The molecule has 0 spiro atoms. The number of rotatable bonds is 6. The Balaban J connectivity index is 1.49. The molecule has 3 aliphatic heterocycles. The fraction of sp³-hybridized carbons (Fsp3) is 0.944. The second-order valence-electron chi connectivity index (χ2n) is 7.75. The molecular formula is C18H34N4O2. The predicted molar refractivity (Wildman–Crippen MR) is 96.4 cm³/mol. The van der Waals surface area contributed by atoms with Crippen molar-refractivity contribution in [2.24, 2.45) is 10.9 Å². The van der Waals surface area contributed by atoms with Gasteiger partial charge in [-0.1, -0.05) is 13.8 Å². The average Bonchev–Trinajstić information content (AvgIpc) is 3.20. The van der Waals surface area contributed by atoms with Crippen molar-refractivity contribution in [2.45, 2.75) is 63.8 Å². The van der Waals surface area contributed by atoms with Gasteiger partial charge in [-0.25, -0.2) is 0 Å². The minimum Gasteiger partial charge on any atom is -0.379 e. The molecule has 2 N–H and O–H groups in total. The van der Waals surface area contributed by atoms with Gasteiger partial charge in [0.15, 0.2) is 5.96 Å². The van der Waals surface area contributed by atoms with Gasteiger partial charge in [-0.3, -0.25) is 9.89 Å². The zero-order valence-corrected chi connectivity index (χ0v) is 15.5. The molecular weight excluding hydrogens is 304 g/mol. The van der Waals surface area contributed by atoms with Gasteiger partial charge in [-0.05, 0) is 31.6 Å². The van der Waals surface area contributed by atoms with Crippen LogP contribution in [-0.4, -0.2) is 75.0 Å². The van der Waals surface area contributed by atoms with Crippen LogP contribution in [0.2, 0.25) is 0 Å². The van der Waals surface area contributed by atoms with Crippen molar-refractivity contribution in [1.29, 1.82) is 0 Å². The molecule has 24 heavy (non-hydrogen) atoms. The molecule has 4 unspecified atom stereocenters. The fourth-order valence-electron chi connectivity index (χ4n) is 4.22. The summed E-state index contributed by atoms with van der Waals surface area (Å²) in [6, 6.07) is 0.950. The maximum Gasteiger partial charge on any atom is 0.191 e. The largest absolute Gasteiger partial charge is 0.379 e. The molecule has 0 aromatic carbocycles. The smallest absolute Gasteiger partial charge is 0.191 e. The Morgan fingerprint density at radius 3 is 2.62 bits per heavy atom. The molecule has 2 bridgehead atoms. The van der Waals surface area contributed by atoms with Gasteiger partial charge in [0, 0.05) is 32.7 Å². The van der Waals surface area contributed by atoms with Crippen LogP contribution >= 0.6 is 0 Å². The Hall–Kier alpha value is -0.850. The number of aliphatic imine (C=N–C) groups is 1. The minimum absolute atomic E-state index is 0.374. The lowest BCUT2D eigenvalue weighted by Gasteiger charge is -2.36. The lowest BCUT2D eigenvalue weighted by Crippen LogP contribution is -2.53. The van der Waals surface area contributed by atoms with Gasteiger partial charge in [0.05, 0.1) is 31.5 Å². The quantitative estimate of drug-likeness (QED) is 0.563. The number of ether oxygens (including phenoxy) is 2. The SMILES string of the molecule is CN=C(NCC(CC(C)C)N1CCOCC1)NC1CC2CCC1O2. The van der Waals surface area contributed by atoms with Crippen molar-refractivity contribution in [2.75, 3.05) is 39.9 Å². The fourth-order valence-corrected chi connectivity index (χ4v) is 4.22. The van der Waals surface area contributed by atoms with Gasteiger partial charge in [0.1, 0.15) is 0 Å². The van der Waals surface area contributed by atoms with Gasteiger partial charge < -0.3 is 20.1 Å². The lowest BCUT2D eigenvalue weighted by atomic mass is 9.96. The first-order valence-electron chi connectivity index (χ1n) is 9.60. The summed E-state index contributed by atoms with van der Waals surface area (Å²) in [5, 5.41) is 7.14. The number of nitrogens with zero attached hydrogens (tertiary/aromatic N) is 2. The van der Waals surface area contributed by atoms with E-state index in [2.05, 4.69) is 34.4 Å². The molecule has 0 radical (unpaired) electrons. The third-order valence-corrected chi connectivity index (χ3v) is 5.46. The molecule has 0 aliphatic carbocycles. The standard InChI is InChI=1S/C18H34N4O2/c1-13(2)10-14(22-6-8-23-9-7-22)12-20-18(19-3)21-16-11-15-4-5-17(16)24-15/h13-17H,4-12H2,1-3H3,(H2,19,20,21). The summed E-state index contributed by atoms with van der Waals surface area (Å²) < 4.78 is 11.4. The minimum atomic E-state index is 0.374. The number of morpholine rings is 1. The van der Waals surface area contributed by atoms with E-state index < -0.39 is 0 Å². The normalized spacial score (nSPS) is 32.3. The highest BCUT2D eigenvalue weighted by molar-refractivity contribution is 5.80. The van der Waals surface area contributed by atoms with Crippen LogP contribution in [0.25, 0.3) is 0 Å². The summed E-state index contributed by atoms with van der Waals surface area (Å²) in [7, 11) is 1.86. The van der Waals surface area contributed by atoms with Gasteiger partial charge in [0.2, 0.25) is 0 Å². The first-order chi connectivity index (χ1) is 11.7. The van der Waals surface area contributed by atoms with Gasteiger partial charge in [0.25, 0.3) is 0 Å². The molecule has 3 fully saturated rings. The van der Waals surface area contributed by atoms with Crippen LogP contribution in [-0.2, 0) is 9.47 Å². The van der Waals surface area contributed by atoms with Crippen LogP contribution in [0.4, 0.5) is 0 Å². The predicted octanol–water partition coefficient (Wildman–Crippen LogP) is 1.22. The Labute approximate surface area is 146 Å². The summed E-state index contributed by atoms with van der Waals surface area (Å²) >= 11 is 0. The molecule has 3 heterocycles. The molecule has 0 aromatic rings. The molecule has 3 rings (SSSR count). The topological polar surface area (TPSA) is 58.1 Å². The van der Waals surface area contributed by atoms with Crippen molar-refractivity contribution in [3.05, 3.63) is 0 Å². The van der Waals surface area contributed by atoms with Gasteiger partial charge >= 0.3 is 0 Å². The molecule has 6 heteroatoms. The Morgan fingerprint density at radius 2 is 2.04 bits per heavy atom. The van der Waals surface area contributed by atoms with E-state index in [0.717, 1.165) is 45.2 Å². The maximum atomic E-state index is 5.94. The molecule has 6 nitrogen and oxygen atoms in total. The number of guanidine groups is 1. The van der Waals surface area contributed by atoms with E-state index >= 15 is 0 Å². The first-order valence-corrected chi connectivity index (χ1v) is 9.60. The Bertz CT molecular complexity index is 423. The second-order valence-corrected chi connectivity index (χ2v) is 7.75. The van der Waals surface area contributed by atoms with E-state index in [1.165, 1.54) is 19.3 Å². The van der Waals surface area contributed by atoms with Crippen molar-refractivity contribution < 1.29 is 9.47 Å². The van der Waals surface area contributed by atoms with Gasteiger partial charge in [-0.2, -0.15) is 0 Å². The summed E-state index contributed by atoms with van der Waals surface area (Å²) in [5.41, 5.74) is 0. The van der Waals surface area contributed by atoms with Crippen LogP contribution in [0.3, 0.4) is 0 Å². The summed E-state index contributed by atoms with van der Waals surface area (Å²) in [6.45, 7) is 9.30. The highest BCUT2D eigenvalue weighted by atomic mass is 16.5. The van der Waals surface area contributed by atoms with Crippen molar-refractivity contribution in [1.82, 2.24) is 15.5 Å². The van der Waals surface area contributed by atoms with Crippen molar-refractivity contribution in [3.8, 4) is 0 Å². The number of hydrogen-bond donors (Lipinski definition) is 2. The highest BCUT2D eigenvalue weighted by Crippen LogP contribution is 2.34. The van der Waals surface area contributed by atoms with Crippen LogP contribution in [0, 0.1) is 5.92 Å². The molecule has 4 atom stereocenters. The summed E-state index contributed by atoms with van der Waals surface area (Å²) in [4.78, 5) is 6.99. The van der Waals surface area contributed by atoms with Gasteiger partial charge in [-0.15, -0.1) is 0 Å². The lowest BCUT2D eigenvalue weighted by molar-refractivity contribution is 0.0132. The zero-order chi connectivity index (χ0) is 16.9. The second kappa shape index (κ2) is 8.50. The molecule has 0 aromatic heterocycles. The van der Waals surface area contributed by atoms with E-state index in [-0.39, 0.29) is 0 Å². The number of fused-ring (bicyclic) bond motifs is 2.